The fourth-order valence-corrected chi connectivity index (χ4v) is 2.59. The predicted octanol–water partition coefficient (Wildman–Crippen LogP) is 1.37. The van der Waals surface area contributed by atoms with E-state index in [1.165, 1.54) is 18.9 Å². The van der Waals surface area contributed by atoms with E-state index in [0.717, 1.165) is 0 Å². The van der Waals surface area contributed by atoms with Crippen LogP contribution >= 0.6 is 0 Å². The number of morpholine rings is 1. The minimum absolute atomic E-state index is 0.0642. The predicted molar refractivity (Wildman–Crippen MR) is 91.7 cm³/mol. The Kier molecular flexibility index (Phi) is 6.97. The number of carbonyl (C=O) groups is 3. The average molecular weight is 365 g/mol. The van der Waals surface area contributed by atoms with Gasteiger partial charge in [0.25, 0.3) is 0 Å². The minimum Gasteiger partial charge on any atom is -0.493 e. The summed E-state index contributed by atoms with van der Waals surface area (Å²) in [6, 6.07) is 4.94. The fraction of sp³-hybridized carbons (Fsp3) is 0.500. The molecule has 26 heavy (non-hydrogen) atoms. The molecule has 1 N–H and O–H groups in total. The van der Waals surface area contributed by atoms with Crippen LogP contribution < -0.4 is 9.47 Å². The van der Waals surface area contributed by atoms with Gasteiger partial charge in [-0.2, -0.15) is 0 Å². The molecule has 1 aliphatic rings. The van der Waals surface area contributed by atoms with Crippen LogP contribution in [-0.2, 0) is 14.3 Å². The van der Waals surface area contributed by atoms with Crippen LogP contribution in [0.5, 0.6) is 11.5 Å². The Morgan fingerprint density at radius 1 is 1.31 bits per heavy atom. The van der Waals surface area contributed by atoms with Gasteiger partial charge >= 0.3 is 5.97 Å². The first kappa shape index (κ1) is 19.7. The zero-order valence-corrected chi connectivity index (χ0v) is 14.9. The van der Waals surface area contributed by atoms with Crippen molar-refractivity contribution >= 4 is 17.7 Å². The molecule has 8 heteroatoms. The molecule has 0 spiro atoms. The summed E-state index contributed by atoms with van der Waals surface area (Å²) in [5.41, 5.74) is 0.532. The minimum atomic E-state index is -1.06. The highest BCUT2D eigenvalue weighted by atomic mass is 16.5. The van der Waals surface area contributed by atoms with E-state index in [0.29, 0.717) is 36.6 Å². The van der Waals surface area contributed by atoms with Crippen LogP contribution in [0.1, 0.15) is 30.1 Å². The summed E-state index contributed by atoms with van der Waals surface area (Å²) in [7, 11) is 1.49. The summed E-state index contributed by atoms with van der Waals surface area (Å²) >= 11 is 0. The van der Waals surface area contributed by atoms with Gasteiger partial charge in [0.15, 0.2) is 23.4 Å². The van der Waals surface area contributed by atoms with Crippen molar-refractivity contribution in [3.8, 4) is 11.5 Å². The molecule has 0 aromatic heterocycles. The van der Waals surface area contributed by atoms with E-state index in [9.17, 15) is 14.4 Å². The molecule has 1 aliphatic heterocycles. The Bertz CT molecular complexity index is 674. The Hall–Kier alpha value is -2.61. The number of carboxylic acids is 1. The number of hydrogen-bond acceptors (Lipinski definition) is 6. The van der Waals surface area contributed by atoms with Gasteiger partial charge in [0.1, 0.15) is 0 Å². The topological polar surface area (TPSA) is 102 Å². The normalized spacial score (nSPS) is 16.8. The molecule has 1 fully saturated rings. The van der Waals surface area contributed by atoms with Gasteiger partial charge in [-0.3, -0.25) is 9.59 Å². The van der Waals surface area contributed by atoms with Crippen molar-refractivity contribution in [1.29, 1.82) is 0 Å². The number of nitrogens with zero attached hydrogens (tertiary/aromatic N) is 1. The summed E-state index contributed by atoms with van der Waals surface area (Å²) < 4.78 is 16.0. The molecule has 142 valence electrons. The number of amides is 1. The number of ether oxygens (including phenoxy) is 3. The molecule has 1 saturated heterocycles. The molecule has 0 aliphatic carbocycles. The van der Waals surface area contributed by atoms with Crippen LogP contribution in [0, 0.1) is 0 Å². The van der Waals surface area contributed by atoms with Crippen LogP contribution in [0.25, 0.3) is 0 Å². The van der Waals surface area contributed by atoms with Crippen molar-refractivity contribution < 1.29 is 33.7 Å². The third kappa shape index (κ3) is 5.19. The fourth-order valence-electron chi connectivity index (χ4n) is 2.59. The quantitative estimate of drug-likeness (QED) is 0.548. The lowest BCUT2D eigenvalue weighted by molar-refractivity contribution is -0.159. The number of rotatable bonds is 8. The van der Waals surface area contributed by atoms with Crippen molar-refractivity contribution in [2.75, 3.05) is 33.4 Å². The second kappa shape index (κ2) is 9.19. The summed E-state index contributed by atoms with van der Waals surface area (Å²) in [5.74, 6) is -0.289. The number of ketones is 1. The van der Waals surface area contributed by atoms with Crippen LogP contribution in [0.3, 0.4) is 0 Å². The Morgan fingerprint density at radius 2 is 2.08 bits per heavy atom. The zero-order chi connectivity index (χ0) is 19.1. The highest BCUT2D eigenvalue weighted by molar-refractivity contribution is 5.94. The molecule has 8 nitrogen and oxygen atoms in total. The molecule has 1 aromatic carbocycles. The van der Waals surface area contributed by atoms with E-state index < -0.39 is 12.1 Å². The molecule has 1 heterocycles. The van der Waals surface area contributed by atoms with Crippen molar-refractivity contribution in [2.24, 2.45) is 0 Å². The number of Topliss-reactive ketones (excluding diaryl/α,β-unsaturated/α-hetero) is 1. The largest absolute Gasteiger partial charge is 0.493 e. The van der Waals surface area contributed by atoms with E-state index in [4.69, 9.17) is 19.3 Å². The second-order valence-corrected chi connectivity index (χ2v) is 5.91. The molecular weight excluding hydrogens is 342 g/mol. The number of methoxy groups -OCH3 is 1. The van der Waals surface area contributed by atoms with Crippen LogP contribution in [0.4, 0.5) is 0 Å². The van der Waals surface area contributed by atoms with Crippen LogP contribution in [0.2, 0.25) is 0 Å². The van der Waals surface area contributed by atoms with Crippen LogP contribution in [-0.4, -0.2) is 67.2 Å². The summed E-state index contributed by atoms with van der Waals surface area (Å²) in [6.45, 7) is 2.45. The standard InChI is InChI=1S/C18H23NO7/c1-12(20)13-5-6-14(15(10-13)24-2)25-8-3-4-17(21)19-7-9-26-16(11-19)18(22)23/h5-6,10,16H,3-4,7-9,11H2,1-2H3,(H,22,23). The maximum atomic E-state index is 12.2. The Labute approximate surface area is 151 Å². The molecule has 0 radical (unpaired) electrons. The second-order valence-electron chi connectivity index (χ2n) is 5.91. The van der Waals surface area contributed by atoms with E-state index in [1.54, 1.807) is 18.2 Å². The third-order valence-electron chi connectivity index (χ3n) is 4.06. The van der Waals surface area contributed by atoms with E-state index in [2.05, 4.69) is 0 Å². The summed E-state index contributed by atoms with van der Waals surface area (Å²) in [6.07, 6.45) is -0.237. The first-order chi connectivity index (χ1) is 12.4. The van der Waals surface area contributed by atoms with Crippen molar-refractivity contribution in [3.05, 3.63) is 23.8 Å². The number of benzene rings is 1. The van der Waals surface area contributed by atoms with Gasteiger partial charge in [-0.25, -0.2) is 4.79 Å². The van der Waals surface area contributed by atoms with Gasteiger partial charge in [-0.15, -0.1) is 0 Å². The highest BCUT2D eigenvalue weighted by Gasteiger charge is 2.28. The van der Waals surface area contributed by atoms with E-state index in [1.807, 2.05) is 0 Å². The van der Waals surface area contributed by atoms with Gasteiger partial charge < -0.3 is 24.2 Å². The maximum Gasteiger partial charge on any atom is 0.334 e. The molecule has 0 bridgehead atoms. The van der Waals surface area contributed by atoms with E-state index in [-0.39, 0.29) is 31.3 Å². The maximum absolute atomic E-state index is 12.2. The molecular formula is C18H23NO7. The van der Waals surface area contributed by atoms with Crippen molar-refractivity contribution in [1.82, 2.24) is 4.90 Å². The van der Waals surface area contributed by atoms with E-state index >= 15 is 0 Å². The summed E-state index contributed by atoms with van der Waals surface area (Å²) in [4.78, 5) is 36.0. The zero-order valence-electron chi connectivity index (χ0n) is 14.9. The molecule has 1 unspecified atom stereocenters. The van der Waals surface area contributed by atoms with Gasteiger partial charge in [0, 0.05) is 18.5 Å². The third-order valence-corrected chi connectivity index (χ3v) is 4.06. The number of aliphatic carboxylic acids is 1. The SMILES string of the molecule is COc1cc(C(C)=O)ccc1OCCCC(=O)N1CCOC(C(=O)O)C1. The van der Waals surface area contributed by atoms with Crippen LogP contribution in [0.15, 0.2) is 18.2 Å². The molecule has 1 aromatic rings. The smallest absolute Gasteiger partial charge is 0.334 e. The first-order valence-corrected chi connectivity index (χ1v) is 8.36. The Morgan fingerprint density at radius 3 is 2.73 bits per heavy atom. The van der Waals surface area contributed by atoms with Gasteiger partial charge in [0.2, 0.25) is 5.91 Å². The Balaban J connectivity index is 1.80. The molecule has 0 saturated carbocycles. The molecule has 2 rings (SSSR count). The molecule has 1 atom stereocenters. The number of carboxylic acid groups (broad SMARTS) is 1. The van der Waals surface area contributed by atoms with Crippen molar-refractivity contribution in [2.45, 2.75) is 25.9 Å². The van der Waals surface area contributed by atoms with Gasteiger partial charge in [-0.1, -0.05) is 0 Å². The molecule has 1 amide bonds. The highest BCUT2D eigenvalue weighted by Crippen LogP contribution is 2.28. The summed E-state index contributed by atoms with van der Waals surface area (Å²) in [5, 5.41) is 8.97. The first-order valence-electron chi connectivity index (χ1n) is 8.36. The van der Waals surface area contributed by atoms with Gasteiger partial charge in [0.05, 0.1) is 26.9 Å². The monoisotopic (exact) mass is 365 g/mol. The lowest BCUT2D eigenvalue weighted by Gasteiger charge is -2.30. The number of hydrogen-bond donors (Lipinski definition) is 1. The van der Waals surface area contributed by atoms with Crippen molar-refractivity contribution in [3.63, 3.8) is 0 Å². The lowest BCUT2D eigenvalue weighted by atomic mass is 10.1. The lowest BCUT2D eigenvalue weighted by Crippen LogP contribution is -2.48. The van der Waals surface area contributed by atoms with Gasteiger partial charge in [-0.05, 0) is 31.5 Å². The number of carbonyl (C=O) groups excluding carboxylic acids is 2. The average Bonchev–Trinajstić information content (AvgIpc) is 2.64.